The van der Waals surface area contributed by atoms with Gasteiger partial charge in [-0.1, -0.05) is 18.2 Å². The number of esters is 1. The number of benzene rings is 1. The molecule has 0 fully saturated rings. The van der Waals surface area contributed by atoms with Gasteiger partial charge in [-0.05, 0) is 26.0 Å². The molecule has 3 heterocycles. The average Bonchev–Trinajstić information content (AvgIpc) is 3.17. The molecule has 0 aliphatic carbocycles. The summed E-state index contributed by atoms with van der Waals surface area (Å²) in [5.41, 5.74) is 1.98. The molecule has 2 aromatic heterocycles. The van der Waals surface area contributed by atoms with Crippen molar-refractivity contribution >= 4 is 17.6 Å². The van der Waals surface area contributed by atoms with Crippen LogP contribution in [0, 0.1) is 10.1 Å². The van der Waals surface area contributed by atoms with Crippen LogP contribution in [0.3, 0.4) is 0 Å². The Morgan fingerprint density at radius 3 is 2.83 bits per heavy atom. The number of hydrogen-bond donors (Lipinski definition) is 1. The lowest BCUT2D eigenvalue weighted by molar-refractivity contribution is -0.384. The van der Waals surface area contributed by atoms with Gasteiger partial charge >= 0.3 is 5.97 Å². The third-order valence-corrected chi connectivity index (χ3v) is 4.63. The molecule has 4 rings (SSSR count). The fraction of sp³-hybridized carbons (Fsp3) is 0.200. The lowest BCUT2D eigenvalue weighted by Crippen LogP contribution is -2.30. The maximum absolute atomic E-state index is 12.7. The summed E-state index contributed by atoms with van der Waals surface area (Å²) in [5.74, 6) is 0.217. The number of nitro benzene ring substituents is 1. The molecule has 0 saturated heterocycles. The number of fused-ring (bicyclic) bond motifs is 1. The van der Waals surface area contributed by atoms with Gasteiger partial charge in [-0.15, -0.1) is 5.10 Å². The van der Waals surface area contributed by atoms with Crippen molar-refractivity contribution in [3.8, 4) is 11.4 Å². The number of nitro groups is 1. The standard InChI is InChI=1S/C20H18N6O4/c1-3-30-19(27)16-12(2)22-20-23-18(13-7-6-8-14(11-13)26(28)29)24-25(20)17(16)15-9-4-5-10-21-15/h4-11,17H,3H2,1-2H3,(H,22,23,24). The number of pyridine rings is 1. The van der Waals surface area contributed by atoms with Crippen LogP contribution < -0.4 is 5.32 Å². The summed E-state index contributed by atoms with van der Waals surface area (Å²) in [6.07, 6.45) is 1.63. The number of nitrogens with zero attached hydrogens (tertiary/aromatic N) is 5. The zero-order chi connectivity index (χ0) is 21.3. The van der Waals surface area contributed by atoms with Crippen molar-refractivity contribution in [2.75, 3.05) is 11.9 Å². The van der Waals surface area contributed by atoms with Crippen LogP contribution in [-0.4, -0.2) is 37.2 Å². The van der Waals surface area contributed by atoms with E-state index in [1.54, 1.807) is 49.0 Å². The molecular formula is C20H18N6O4. The van der Waals surface area contributed by atoms with Crippen LogP contribution in [0.15, 0.2) is 59.9 Å². The van der Waals surface area contributed by atoms with E-state index in [4.69, 9.17) is 4.74 Å². The maximum atomic E-state index is 12.7. The predicted octanol–water partition coefficient (Wildman–Crippen LogP) is 3.10. The number of allylic oxidation sites excluding steroid dienone is 1. The fourth-order valence-corrected chi connectivity index (χ4v) is 3.32. The highest BCUT2D eigenvalue weighted by Crippen LogP contribution is 2.36. The largest absolute Gasteiger partial charge is 0.463 e. The molecule has 0 saturated carbocycles. The molecule has 1 N–H and O–H groups in total. The Morgan fingerprint density at radius 1 is 1.30 bits per heavy atom. The van der Waals surface area contributed by atoms with E-state index in [2.05, 4.69) is 20.4 Å². The smallest absolute Gasteiger partial charge is 0.338 e. The highest BCUT2D eigenvalue weighted by molar-refractivity contribution is 5.92. The molecule has 1 aromatic carbocycles. The predicted molar refractivity (Wildman–Crippen MR) is 107 cm³/mol. The van der Waals surface area contributed by atoms with E-state index >= 15 is 0 Å². The summed E-state index contributed by atoms with van der Waals surface area (Å²) >= 11 is 0. The van der Waals surface area contributed by atoms with Gasteiger partial charge in [0.25, 0.3) is 5.69 Å². The summed E-state index contributed by atoms with van der Waals surface area (Å²) < 4.78 is 6.80. The Morgan fingerprint density at radius 2 is 2.13 bits per heavy atom. The van der Waals surface area contributed by atoms with Crippen LogP contribution in [0.2, 0.25) is 0 Å². The quantitative estimate of drug-likeness (QED) is 0.389. The van der Waals surface area contributed by atoms with Crippen LogP contribution in [0.1, 0.15) is 25.6 Å². The third kappa shape index (κ3) is 3.39. The molecule has 0 spiro atoms. The fourth-order valence-electron chi connectivity index (χ4n) is 3.32. The number of nitrogens with one attached hydrogen (secondary N) is 1. The number of carbonyl (C=O) groups is 1. The van der Waals surface area contributed by atoms with Crippen molar-refractivity contribution in [3.05, 3.63) is 75.7 Å². The van der Waals surface area contributed by atoms with Gasteiger partial charge in [0.15, 0.2) is 5.82 Å². The number of rotatable bonds is 5. The van der Waals surface area contributed by atoms with Gasteiger partial charge in [0, 0.05) is 29.6 Å². The van der Waals surface area contributed by atoms with Gasteiger partial charge in [-0.25, -0.2) is 9.48 Å². The van der Waals surface area contributed by atoms with Crippen LogP contribution in [0.25, 0.3) is 11.4 Å². The lowest BCUT2D eigenvalue weighted by Gasteiger charge is -2.27. The molecule has 1 aliphatic rings. The minimum Gasteiger partial charge on any atom is -0.463 e. The monoisotopic (exact) mass is 406 g/mol. The van der Waals surface area contributed by atoms with E-state index in [1.807, 2.05) is 6.07 Å². The first-order valence-corrected chi connectivity index (χ1v) is 9.26. The summed E-state index contributed by atoms with van der Waals surface area (Å²) in [4.78, 5) is 32.3. The minimum atomic E-state index is -0.651. The molecule has 0 amide bonds. The lowest BCUT2D eigenvalue weighted by atomic mass is 10.00. The molecule has 1 atom stereocenters. The Kier molecular flexibility index (Phi) is 4.97. The van der Waals surface area contributed by atoms with Gasteiger partial charge in [0.2, 0.25) is 5.95 Å². The van der Waals surface area contributed by atoms with Gasteiger partial charge < -0.3 is 10.1 Å². The number of anilines is 1. The summed E-state index contributed by atoms with van der Waals surface area (Å²) in [6.45, 7) is 3.72. The number of ether oxygens (including phenoxy) is 1. The Balaban J connectivity index is 1.84. The zero-order valence-electron chi connectivity index (χ0n) is 16.3. The first-order chi connectivity index (χ1) is 14.5. The molecule has 1 aliphatic heterocycles. The average molecular weight is 406 g/mol. The zero-order valence-corrected chi connectivity index (χ0v) is 16.3. The van der Waals surface area contributed by atoms with Gasteiger partial charge in [0.1, 0.15) is 6.04 Å². The third-order valence-electron chi connectivity index (χ3n) is 4.63. The number of carbonyl (C=O) groups excluding carboxylic acids is 1. The van der Waals surface area contributed by atoms with Crippen LogP contribution in [-0.2, 0) is 9.53 Å². The van der Waals surface area contributed by atoms with Crippen molar-refractivity contribution in [3.63, 3.8) is 0 Å². The van der Waals surface area contributed by atoms with Gasteiger partial charge in [-0.2, -0.15) is 4.98 Å². The highest BCUT2D eigenvalue weighted by Gasteiger charge is 2.36. The Labute approximate surface area is 171 Å². The molecule has 152 valence electrons. The second-order valence-corrected chi connectivity index (χ2v) is 6.55. The Bertz CT molecular complexity index is 1160. The second-order valence-electron chi connectivity index (χ2n) is 6.55. The van der Waals surface area contributed by atoms with E-state index in [9.17, 15) is 14.9 Å². The molecule has 10 nitrogen and oxygen atoms in total. The van der Waals surface area contributed by atoms with Crippen molar-refractivity contribution in [1.82, 2.24) is 19.7 Å². The molecular weight excluding hydrogens is 388 g/mol. The normalized spacial score (nSPS) is 15.3. The highest BCUT2D eigenvalue weighted by atomic mass is 16.6. The van der Waals surface area contributed by atoms with E-state index in [1.165, 1.54) is 12.1 Å². The van der Waals surface area contributed by atoms with Crippen LogP contribution in [0.5, 0.6) is 0 Å². The molecule has 1 unspecified atom stereocenters. The van der Waals surface area contributed by atoms with Crippen molar-refractivity contribution < 1.29 is 14.5 Å². The topological polar surface area (TPSA) is 125 Å². The van der Waals surface area contributed by atoms with Crippen molar-refractivity contribution in [2.45, 2.75) is 19.9 Å². The second kappa shape index (κ2) is 7.74. The number of aromatic nitrogens is 4. The summed E-state index contributed by atoms with van der Waals surface area (Å²) in [6, 6.07) is 10.8. The van der Waals surface area contributed by atoms with Gasteiger partial charge in [-0.3, -0.25) is 15.1 Å². The maximum Gasteiger partial charge on any atom is 0.338 e. The summed E-state index contributed by atoms with van der Waals surface area (Å²) in [7, 11) is 0. The first kappa shape index (κ1) is 19.2. The van der Waals surface area contributed by atoms with Gasteiger partial charge in [0.05, 0.1) is 22.8 Å². The van der Waals surface area contributed by atoms with Crippen molar-refractivity contribution in [1.29, 1.82) is 0 Å². The molecule has 3 aromatic rings. The molecule has 0 bridgehead atoms. The van der Waals surface area contributed by atoms with Crippen LogP contribution in [0.4, 0.5) is 11.6 Å². The van der Waals surface area contributed by atoms with E-state index in [0.717, 1.165) is 0 Å². The Hall–Kier alpha value is -4.08. The van der Waals surface area contributed by atoms with Crippen molar-refractivity contribution in [2.24, 2.45) is 0 Å². The molecule has 30 heavy (non-hydrogen) atoms. The van der Waals surface area contributed by atoms with E-state index in [-0.39, 0.29) is 12.3 Å². The van der Waals surface area contributed by atoms with E-state index in [0.29, 0.717) is 34.3 Å². The number of non-ortho nitro benzene ring substituents is 1. The molecule has 10 heteroatoms. The van der Waals surface area contributed by atoms with Crippen LogP contribution >= 0.6 is 0 Å². The molecule has 0 radical (unpaired) electrons. The van der Waals surface area contributed by atoms with E-state index < -0.39 is 16.9 Å². The SMILES string of the molecule is CCOC(=O)C1=C(C)Nc2nc(-c3cccc([N+](=O)[O-])c3)nn2C1c1ccccn1. The minimum absolute atomic E-state index is 0.0592. The first-order valence-electron chi connectivity index (χ1n) is 9.26. The summed E-state index contributed by atoms with van der Waals surface area (Å²) in [5, 5.41) is 18.7. The number of hydrogen-bond acceptors (Lipinski definition) is 8.